The molecule has 0 aliphatic heterocycles. The van der Waals surface area contributed by atoms with Gasteiger partial charge in [0.1, 0.15) is 5.82 Å². The lowest BCUT2D eigenvalue weighted by Gasteiger charge is -2.15. The summed E-state index contributed by atoms with van der Waals surface area (Å²) in [5.74, 6) is -0.423. The monoisotopic (exact) mass is 277 g/mol. The van der Waals surface area contributed by atoms with Crippen LogP contribution in [0.2, 0.25) is 0 Å². The van der Waals surface area contributed by atoms with Crippen molar-refractivity contribution in [1.82, 2.24) is 5.32 Å². The van der Waals surface area contributed by atoms with E-state index in [1.54, 1.807) is 30.3 Å². The maximum Gasteiger partial charge on any atom is 0.165 e. The fourth-order valence-electron chi connectivity index (χ4n) is 1.97. The van der Waals surface area contributed by atoms with Crippen LogP contribution in [0.3, 0.4) is 0 Å². The minimum absolute atomic E-state index is 0.0880. The van der Waals surface area contributed by atoms with Crippen molar-refractivity contribution in [3.8, 4) is 5.75 Å². The van der Waals surface area contributed by atoms with E-state index >= 15 is 0 Å². The molecule has 2 aromatic carbocycles. The Hall–Kier alpha value is -1.94. The lowest BCUT2D eigenvalue weighted by Crippen LogP contribution is -2.19. The topological polar surface area (TPSA) is 21.3 Å². The Bertz CT molecular complexity index is 586. The summed E-state index contributed by atoms with van der Waals surface area (Å²) in [5, 5.41) is 3.17. The van der Waals surface area contributed by atoms with Crippen LogP contribution >= 0.6 is 0 Å². The molecule has 0 spiro atoms. The molecule has 0 saturated carbocycles. The summed E-state index contributed by atoms with van der Waals surface area (Å²) in [6, 6.07) is 11.3. The van der Waals surface area contributed by atoms with Crippen molar-refractivity contribution in [1.29, 1.82) is 0 Å². The van der Waals surface area contributed by atoms with E-state index in [1.807, 2.05) is 6.92 Å². The second-order valence-corrected chi connectivity index (χ2v) is 4.59. The van der Waals surface area contributed by atoms with Gasteiger partial charge < -0.3 is 10.1 Å². The summed E-state index contributed by atoms with van der Waals surface area (Å²) in [6.07, 6.45) is 0. The highest BCUT2D eigenvalue weighted by Gasteiger charge is 2.10. The van der Waals surface area contributed by atoms with E-state index in [-0.39, 0.29) is 17.6 Å². The molecular formula is C16H17F2NO. The van der Waals surface area contributed by atoms with Crippen LogP contribution in [0.15, 0.2) is 42.5 Å². The molecule has 0 aliphatic carbocycles. The Morgan fingerprint density at radius 1 is 1.10 bits per heavy atom. The van der Waals surface area contributed by atoms with Crippen LogP contribution in [-0.2, 0) is 6.54 Å². The molecule has 0 saturated heterocycles. The number of hydrogen-bond donors (Lipinski definition) is 1. The van der Waals surface area contributed by atoms with Crippen LogP contribution in [-0.4, -0.2) is 7.11 Å². The highest BCUT2D eigenvalue weighted by molar-refractivity contribution is 5.31. The van der Waals surface area contributed by atoms with Gasteiger partial charge in [-0.2, -0.15) is 0 Å². The van der Waals surface area contributed by atoms with Gasteiger partial charge >= 0.3 is 0 Å². The molecule has 0 radical (unpaired) electrons. The van der Waals surface area contributed by atoms with Crippen molar-refractivity contribution < 1.29 is 13.5 Å². The Balaban J connectivity index is 2.03. The standard InChI is InChI=1S/C16H17F2NO/c1-11(12-7-8-16(20-2)15(18)9-12)19-10-13-5-3-4-6-14(13)17/h3-9,11,19H,10H2,1-2H3. The summed E-state index contributed by atoms with van der Waals surface area (Å²) in [5.41, 5.74) is 1.38. The molecule has 1 atom stereocenters. The summed E-state index contributed by atoms with van der Waals surface area (Å²) in [4.78, 5) is 0. The normalized spacial score (nSPS) is 12.2. The Labute approximate surface area is 117 Å². The number of halogens is 2. The average Bonchev–Trinajstić information content (AvgIpc) is 2.46. The SMILES string of the molecule is COc1ccc(C(C)NCc2ccccc2F)cc1F. The molecule has 0 aliphatic rings. The molecule has 0 aromatic heterocycles. The van der Waals surface area contributed by atoms with Crippen molar-refractivity contribution in [2.75, 3.05) is 7.11 Å². The summed E-state index contributed by atoms with van der Waals surface area (Å²) < 4.78 is 32.0. The van der Waals surface area contributed by atoms with Gasteiger partial charge in [-0.25, -0.2) is 8.78 Å². The molecule has 2 nitrogen and oxygen atoms in total. The smallest absolute Gasteiger partial charge is 0.165 e. The van der Waals surface area contributed by atoms with Crippen LogP contribution in [0.1, 0.15) is 24.1 Å². The zero-order valence-electron chi connectivity index (χ0n) is 11.5. The van der Waals surface area contributed by atoms with Crippen molar-refractivity contribution in [2.24, 2.45) is 0 Å². The Morgan fingerprint density at radius 3 is 2.50 bits per heavy atom. The first kappa shape index (κ1) is 14.5. The molecule has 0 heterocycles. The maximum absolute atomic E-state index is 13.6. The van der Waals surface area contributed by atoms with Gasteiger partial charge in [-0.1, -0.05) is 24.3 Å². The van der Waals surface area contributed by atoms with Gasteiger partial charge in [0.2, 0.25) is 0 Å². The van der Waals surface area contributed by atoms with E-state index in [0.717, 1.165) is 5.56 Å². The van der Waals surface area contributed by atoms with E-state index in [1.165, 1.54) is 19.2 Å². The van der Waals surface area contributed by atoms with Crippen molar-refractivity contribution in [3.05, 3.63) is 65.2 Å². The molecule has 20 heavy (non-hydrogen) atoms. The number of hydrogen-bond acceptors (Lipinski definition) is 2. The second kappa shape index (κ2) is 6.48. The largest absolute Gasteiger partial charge is 0.494 e. The van der Waals surface area contributed by atoms with Crippen molar-refractivity contribution in [3.63, 3.8) is 0 Å². The minimum atomic E-state index is -0.399. The molecule has 0 amide bonds. The van der Waals surface area contributed by atoms with E-state index in [4.69, 9.17) is 4.74 Å². The van der Waals surface area contributed by atoms with Crippen LogP contribution < -0.4 is 10.1 Å². The van der Waals surface area contributed by atoms with Gasteiger partial charge in [0.25, 0.3) is 0 Å². The number of benzene rings is 2. The highest BCUT2D eigenvalue weighted by Crippen LogP contribution is 2.22. The van der Waals surface area contributed by atoms with Gasteiger partial charge in [-0.05, 0) is 30.7 Å². The average molecular weight is 277 g/mol. The summed E-state index contributed by atoms with van der Waals surface area (Å²) in [6.45, 7) is 2.30. The predicted octanol–water partition coefficient (Wildman–Crippen LogP) is 3.82. The predicted molar refractivity (Wildman–Crippen MR) is 74.6 cm³/mol. The Morgan fingerprint density at radius 2 is 1.85 bits per heavy atom. The second-order valence-electron chi connectivity index (χ2n) is 4.59. The first-order chi connectivity index (χ1) is 9.61. The number of ether oxygens (including phenoxy) is 1. The zero-order valence-corrected chi connectivity index (χ0v) is 11.5. The molecule has 1 N–H and O–H groups in total. The van der Waals surface area contributed by atoms with Gasteiger partial charge in [0.15, 0.2) is 11.6 Å². The molecular weight excluding hydrogens is 260 g/mol. The molecule has 2 aromatic rings. The zero-order chi connectivity index (χ0) is 14.5. The maximum atomic E-state index is 13.6. The highest BCUT2D eigenvalue weighted by atomic mass is 19.1. The van der Waals surface area contributed by atoms with E-state index in [0.29, 0.717) is 12.1 Å². The number of rotatable bonds is 5. The van der Waals surface area contributed by atoms with Crippen LogP contribution in [0.5, 0.6) is 5.75 Å². The molecule has 0 bridgehead atoms. The van der Waals surface area contributed by atoms with E-state index in [9.17, 15) is 8.78 Å². The quantitative estimate of drug-likeness (QED) is 0.897. The third-order valence-electron chi connectivity index (χ3n) is 3.23. The van der Waals surface area contributed by atoms with Gasteiger partial charge in [-0.15, -0.1) is 0 Å². The lowest BCUT2D eigenvalue weighted by atomic mass is 10.1. The van der Waals surface area contributed by atoms with E-state index < -0.39 is 5.82 Å². The summed E-state index contributed by atoms with van der Waals surface area (Å²) >= 11 is 0. The third-order valence-corrected chi connectivity index (χ3v) is 3.23. The van der Waals surface area contributed by atoms with E-state index in [2.05, 4.69) is 5.32 Å². The first-order valence-electron chi connectivity index (χ1n) is 6.42. The van der Waals surface area contributed by atoms with Crippen LogP contribution in [0.25, 0.3) is 0 Å². The lowest BCUT2D eigenvalue weighted by molar-refractivity contribution is 0.385. The molecule has 2 rings (SSSR count). The van der Waals surface area contributed by atoms with Gasteiger partial charge in [-0.3, -0.25) is 0 Å². The molecule has 0 fully saturated rings. The van der Waals surface area contributed by atoms with Gasteiger partial charge in [0.05, 0.1) is 7.11 Å². The fourth-order valence-corrected chi connectivity index (χ4v) is 1.97. The molecule has 1 unspecified atom stereocenters. The van der Waals surface area contributed by atoms with Crippen molar-refractivity contribution in [2.45, 2.75) is 19.5 Å². The van der Waals surface area contributed by atoms with Gasteiger partial charge in [0, 0.05) is 18.2 Å². The number of methoxy groups -OCH3 is 1. The fraction of sp³-hybridized carbons (Fsp3) is 0.250. The Kier molecular flexibility index (Phi) is 4.69. The molecule has 4 heteroatoms. The van der Waals surface area contributed by atoms with Crippen LogP contribution in [0.4, 0.5) is 8.78 Å². The minimum Gasteiger partial charge on any atom is -0.494 e. The number of nitrogens with one attached hydrogen (secondary N) is 1. The van der Waals surface area contributed by atoms with Crippen molar-refractivity contribution >= 4 is 0 Å². The molecule has 106 valence electrons. The first-order valence-corrected chi connectivity index (χ1v) is 6.42. The third kappa shape index (κ3) is 3.33. The van der Waals surface area contributed by atoms with Crippen LogP contribution in [0, 0.1) is 11.6 Å². The summed E-state index contributed by atoms with van der Waals surface area (Å²) in [7, 11) is 1.43.